The molecule has 0 aromatic heterocycles. The normalized spacial score (nSPS) is 12.8. The van der Waals surface area contributed by atoms with Crippen molar-refractivity contribution >= 4 is 23.4 Å². The van der Waals surface area contributed by atoms with Gasteiger partial charge in [0.2, 0.25) is 0 Å². The van der Waals surface area contributed by atoms with Gasteiger partial charge in [-0.1, -0.05) is 23.7 Å². The molecule has 0 saturated heterocycles. The minimum Gasteiger partial charge on any atom is -0.459 e. The lowest BCUT2D eigenvalue weighted by Gasteiger charge is -2.22. The lowest BCUT2D eigenvalue weighted by Crippen LogP contribution is -2.32. The summed E-state index contributed by atoms with van der Waals surface area (Å²) in [6.07, 6.45) is 1.09. The zero-order valence-electron chi connectivity index (χ0n) is 12.4. The summed E-state index contributed by atoms with van der Waals surface area (Å²) < 4.78 is 5.29. The van der Waals surface area contributed by atoms with Gasteiger partial charge in [0.05, 0.1) is 0 Å². The first kappa shape index (κ1) is 16.7. The Hall–Kier alpha value is -1.35. The number of aryl methyl sites for hydroxylation is 1. The molecule has 0 fully saturated rings. The minimum atomic E-state index is -0.704. The van der Waals surface area contributed by atoms with E-state index in [0.29, 0.717) is 17.9 Å². The fourth-order valence-corrected chi connectivity index (χ4v) is 1.95. The topological polar surface area (TPSA) is 43.4 Å². The van der Waals surface area contributed by atoms with Gasteiger partial charge in [-0.15, -0.1) is 0 Å². The molecule has 1 rings (SSSR count). The molecule has 0 aliphatic carbocycles. The molecule has 0 saturated carbocycles. The number of ether oxygens (including phenoxy) is 1. The van der Waals surface area contributed by atoms with Crippen molar-refractivity contribution in [2.45, 2.75) is 46.1 Å². The molecule has 0 spiro atoms. The van der Waals surface area contributed by atoms with E-state index < -0.39 is 17.5 Å². The first-order valence-corrected chi connectivity index (χ1v) is 7.04. The Labute approximate surface area is 125 Å². The number of carbonyl (C=O) groups is 2. The van der Waals surface area contributed by atoms with Gasteiger partial charge in [0.15, 0.2) is 0 Å². The van der Waals surface area contributed by atoms with E-state index in [-0.39, 0.29) is 5.78 Å². The molecule has 20 heavy (non-hydrogen) atoms. The molecule has 0 bridgehead atoms. The molecule has 0 heterocycles. The first-order chi connectivity index (χ1) is 9.19. The number of benzene rings is 1. The molecule has 4 heteroatoms. The second-order valence-corrected chi connectivity index (χ2v) is 6.30. The molecular weight excluding hydrogens is 276 g/mol. The molecule has 0 amide bonds. The lowest BCUT2D eigenvalue weighted by molar-refractivity contribution is -0.162. The second kappa shape index (κ2) is 6.89. The lowest BCUT2D eigenvalue weighted by atomic mass is 9.96. The highest BCUT2D eigenvalue weighted by atomic mass is 35.5. The molecule has 0 radical (unpaired) electrons. The van der Waals surface area contributed by atoms with Gasteiger partial charge < -0.3 is 4.74 Å². The fraction of sp³-hybridized carbons (Fsp3) is 0.500. The molecule has 0 aliphatic rings. The highest BCUT2D eigenvalue weighted by Crippen LogP contribution is 2.18. The summed E-state index contributed by atoms with van der Waals surface area (Å²) in [6, 6.07) is 7.39. The number of esters is 1. The highest BCUT2D eigenvalue weighted by Gasteiger charge is 2.28. The van der Waals surface area contributed by atoms with Crippen molar-refractivity contribution in [3.05, 3.63) is 34.9 Å². The second-order valence-electron chi connectivity index (χ2n) is 5.86. The van der Waals surface area contributed by atoms with Crippen LogP contribution in [0.1, 0.15) is 39.7 Å². The summed E-state index contributed by atoms with van der Waals surface area (Å²) in [5.41, 5.74) is 0.467. The van der Waals surface area contributed by atoms with Gasteiger partial charge in [0, 0.05) is 5.02 Å². The van der Waals surface area contributed by atoms with Crippen LogP contribution < -0.4 is 0 Å². The van der Waals surface area contributed by atoms with E-state index in [1.54, 1.807) is 32.9 Å². The summed E-state index contributed by atoms with van der Waals surface area (Å²) in [5.74, 6) is -1.31. The van der Waals surface area contributed by atoms with Gasteiger partial charge in [-0.3, -0.25) is 9.59 Å². The fourth-order valence-electron chi connectivity index (χ4n) is 1.82. The number of carbonyl (C=O) groups excluding carboxylic acids is 2. The third kappa shape index (κ3) is 5.74. The number of rotatable bonds is 5. The molecule has 0 aliphatic heterocycles. The standard InChI is InChI=1S/C16H21ClO3/c1-11(18)14(15(19)20-16(2,3)4)10-7-12-5-8-13(17)9-6-12/h5-6,8-9,14H,7,10H2,1-4H3. The van der Waals surface area contributed by atoms with Crippen molar-refractivity contribution in [2.24, 2.45) is 5.92 Å². The largest absolute Gasteiger partial charge is 0.459 e. The Morgan fingerprint density at radius 2 is 1.75 bits per heavy atom. The van der Waals surface area contributed by atoms with Gasteiger partial charge in [-0.05, 0) is 58.2 Å². The maximum Gasteiger partial charge on any atom is 0.316 e. The van der Waals surface area contributed by atoms with E-state index in [1.807, 2.05) is 12.1 Å². The number of ketones is 1. The number of hydrogen-bond acceptors (Lipinski definition) is 3. The third-order valence-electron chi connectivity index (χ3n) is 2.82. The molecule has 1 unspecified atom stereocenters. The van der Waals surface area contributed by atoms with Crippen LogP contribution in [0.15, 0.2) is 24.3 Å². The van der Waals surface area contributed by atoms with Crippen molar-refractivity contribution < 1.29 is 14.3 Å². The summed E-state index contributed by atoms with van der Waals surface area (Å²) >= 11 is 5.82. The van der Waals surface area contributed by atoms with Crippen LogP contribution in [0.4, 0.5) is 0 Å². The van der Waals surface area contributed by atoms with E-state index in [9.17, 15) is 9.59 Å². The SMILES string of the molecule is CC(=O)C(CCc1ccc(Cl)cc1)C(=O)OC(C)(C)C. The van der Waals surface area contributed by atoms with Crippen molar-refractivity contribution in [1.29, 1.82) is 0 Å². The van der Waals surface area contributed by atoms with Gasteiger partial charge in [0.25, 0.3) is 0 Å². The van der Waals surface area contributed by atoms with Crippen LogP contribution in [0.25, 0.3) is 0 Å². The van der Waals surface area contributed by atoms with E-state index in [1.165, 1.54) is 6.92 Å². The molecular formula is C16H21ClO3. The van der Waals surface area contributed by atoms with Crippen molar-refractivity contribution in [3.8, 4) is 0 Å². The van der Waals surface area contributed by atoms with Crippen LogP contribution in [-0.4, -0.2) is 17.4 Å². The highest BCUT2D eigenvalue weighted by molar-refractivity contribution is 6.30. The number of halogens is 1. The third-order valence-corrected chi connectivity index (χ3v) is 3.07. The maximum absolute atomic E-state index is 12.0. The monoisotopic (exact) mass is 296 g/mol. The summed E-state index contributed by atoms with van der Waals surface area (Å²) in [6.45, 7) is 6.81. The molecule has 0 N–H and O–H groups in total. The Morgan fingerprint density at radius 1 is 1.20 bits per heavy atom. The average molecular weight is 297 g/mol. The quantitative estimate of drug-likeness (QED) is 0.613. The van der Waals surface area contributed by atoms with Crippen LogP contribution in [0.5, 0.6) is 0 Å². The summed E-state index contributed by atoms with van der Waals surface area (Å²) in [4.78, 5) is 23.6. The molecule has 1 atom stereocenters. The number of hydrogen-bond donors (Lipinski definition) is 0. The smallest absolute Gasteiger partial charge is 0.316 e. The van der Waals surface area contributed by atoms with Crippen molar-refractivity contribution in [1.82, 2.24) is 0 Å². The van der Waals surface area contributed by atoms with Crippen molar-refractivity contribution in [2.75, 3.05) is 0 Å². The van der Waals surface area contributed by atoms with Crippen LogP contribution in [0.3, 0.4) is 0 Å². The van der Waals surface area contributed by atoms with Crippen LogP contribution >= 0.6 is 11.6 Å². The zero-order chi connectivity index (χ0) is 15.3. The van der Waals surface area contributed by atoms with Gasteiger partial charge in [0.1, 0.15) is 17.3 Å². The molecule has 1 aromatic rings. The molecule has 1 aromatic carbocycles. The van der Waals surface area contributed by atoms with Gasteiger partial charge in [-0.25, -0.2) is 0 Å². The van der Waals surface area contributed by atoms with E-state index >= 15 is 0 Å². The van der Waals surface area contributed by atoms with Crippen LogP contribution in [0, 0.1) is 5.92 Å². The van der Waals surface area contributed by atoms with Crippen LogP contribution in [0.2, 0.25) is 5.02 Å². The maximum atomic E-state index is 12.0. The van der Waals surface area contributed by atoms with Crippen molar-refractivity contribution in [3.63, 3.8) is 0 Å². The Kier molecular flexibility index (Phi) is 5.75. The van der Waals surface area contributed by atoms with E-state index in [2.05, 4.69) is 0 Å². The summed E-state index contributed by atoms with van der Waals surface area (Å²) in [5, 5.41) is 0.670. The van der Waals surface area contributed by atoms with Crippen LogP contribution in [-0.2, 0) is 20.7 Å². The molecule has 110 valence electrons. The zero-order valence-corrected chi connectivity index (χ0v) is 13.2. The Balaban J connectivity index is 2.66. The Bertz CT molecular complexity index is 471. The molecule has 3 nitrogen and oxygen atoms in total. The predicted molar refractivity (Wildman–Crippen MR) is 79.8 cm³/mol. The van der Waals surface area contributed by atoms with Gasteiger partial charge >= 0.3 is 5.97 Å². The predicted octanol–water partition coefficient (Wildman–Crippen LogP) is 3.82. The van der Waals surface area contributed by atoms with E-state index in [0.717, 1.165) is 5.56 Å². The number of Topliss-reactive ketones (excluding diaryl/α,β-unsaturated/α-hetero) is 1. The van der Waals surface area contributed by atoms with E-state index in [4.69, 9.17) is 16.3 Å². The summed E-state index contributed by atoms with van der Waals surface area (Å²) in [7, 11) is 0. The minimum absolute atomic E-state index is 0.159. The van der Waals surface area contributed by atoms with Gasteiger partial charge in [-0.2, -0.15) is 0 Å². The average Bonchev–Trinajstić information content (AvgIpc) is 2.29. The first-order valence-electron chi connectivity index (χ1n) is 6.67. The Morgan fingerprint density at radius 3 is 2.20 bits per heavy atom.